The summed E-state index contributed by atoms with van der Waals surface area (Å²) in [5.41, 5.74) is 9.15. The topological polar surface area (TPSA) is 90.7 Å². The number of hydrogen-bond acceptors (Lipinski definition) is 4. The molecule has 6 heteroatoms. The van der Waals surface area contributed by atoms with Crippen molar-refractivity contribution in [2.75, 3.05) is 13.7 Å². The first-order valence-electron chi connectivity index (χ1n) is 9.54. The van der Waals surface area contributed by atoms with Gasteiger partial charge in [-0.15, -0.1) is 0 Å². The Kier molecular flexibility index (Phi) is 7.05. The molecule has 3 N–H and O–H groups in total. The van der Waals surface area contributed by atoms with Crippen molar-refractivity contribution >= 4 is 11.8 Å². The number of hydrogen-bond donors (Lipinski definition) is 2. The monoisotopic (exact) mass is 404 g/mol. The van der Waals surface area contributed by atoms with Crippen LogP contribution in [0.5, 0.6) is 11.5 Å². The van der Waals surface area contributed by atoms with Gasteiger partial charge >= 0.3 is 0 Å². The highest BCUT2D eigenvalue weighted by Gasteiger charge is 2.09. The van der Waals surface area contributed by atoms with Gasteiger partial charge in [0.05, 0.1) is 13.5 Å². The van der Waals surface area contributed by atoms with Crippen molar-refractivity contribution in [3.8, 4) is 22.6 Å². The SMILES string of the molecule is COc1cc(CNC(=O)Cc2ccc(-c3ccccc3)cc2)ccc1OCC(N)=O. The van der Waals surface area contributed by atoms with Crippen molar-refractivity contribution in [1.82, 2.24) is 5.32 Å². The summed E-state index contributed by atoms with van der Waals surface area (Å²) in [6.45, 7) is 0.128. The van der Waals surface area contributed by atoms with Crippen LogP contribution in [0, 0.1) is 0 Å². The van der Waals surface area contributed by atoms with Crippen LogP contribution in [-0.4, -0.2) is 25.5 Å². The number of rotatable bonds is 9. The van der Waals surface area contributed by atoms with E-state index in [1.165, 1.54) is 7.11 Å². The molecular weight excluding hydrogens is 380 g/mol. The first kappa shape index (κ1) is 20.9. The van der Waals surface area contributed by atoms with Gasteiger partial charge in [-0.05, 0) is 34.4 Å². The Labute approximate surface area is 175 Å². The smallest absolute Gasteiger partial charge is 0.255 e. The first-order chi connectivity index (χ1) is 14.5. The fraction of sp³-hybridized carbons (Fsp3) is 0.167. The second-order valence-electron chi connectivity index (χ2n) is 6.76. The Bertz CT molecular complexity index is 1000. The Balaban J connectivity index is 1.54. The number of methoxy groups -OCH3 is 1. The molecular formula is C24H24N2O4. The number of amides is 2. The third-order valence-corrected chi connectivity index (χ3v) is 4.51. The summed E-state index contributed by atoms with van der Waals surface area (Å²) in [6, 6.07) is 23.3. The van der Waals surface area contributed by atoms with E-state index in [1.54, 1.807) is 18.2 Å². The predicted octanol–water partition coefficient (Wildman–Crippen LogP) is 3.09. The van der Waals surface area contributed by atoms with E-state index in [9.17, 15) is 9.59 Å². The van der Waals surface area contributed by atoms with Crippen molar-refractivity contribution in [3.63, 3.8) is 0 Å². The molecule has 0 radical (unpaired) electrons. The molecule has 0 fully saturated rings. The lowest BCUT2D eigenvalue weighted by atomic mass is 10.0. The van der Waals surface area contributed by atoms with Crippen molar-refractivity contribution in [3.05, 3.63) is 83.9 Å². The standard InChI is InChI=1S/C24H24N2O4/c1-29-22-13-18(9-12-21(22)30-16-23(25)27)15-26-24(28)14-17-7-10-20(11-8-17)19-5-3-2-4-6-19/h2-13H,14-16H2,1H3,(H2,25,27)(H,26,28). The molecule has 0 spiro atoms. The molecule has 0 heterocycles. The van der Waals surface area contributed by atoms with Gasteiger partial charge in [0.25, 0.3) is 5.91 Å². The third kappa shape index (κ3) is 5.85. The maximum atomic E-state index is 12.3. The van der Waals surface area contributed by atoms with Gasteiger partial charge < -0.3 is 20.5 Å². The molecule has 0 saturated heterocycles. The second kappa shape index (κ2) is 10.1. The lowest BCUT2D eigenvalue weighted by molar-refractivity contribution is -0.121. The molecule has 30 heavy (non-hydrogen) atoms. The number of carbonyl (C=O) groups is 2. The fourth-order valence-electron chi connectivity index (χ4n) is 2.98. The average Bonchev–Trinajstić information content (AvgIpc) is 2.77. The molecule has 0 aliphatic rings. The first-order valence-corrected chi connectivity index (χ1v) is 9.54. The van der Waals surface area contributed by atoms with Gasteiger partial charge in [0.2, 0.25) is 5.91 Å². The Morgan fingerprint density at radius 2 is 1.53 bits per heavy atom. The van der Waals surface area contributed by atoms with E-state index in [0.717, 1.165) is 22.3 Å². The van der Waals surface area contributed by atoms with Crippen LogP contribution in [0.1, 0.15) is 11.1 Å². The normalized spacial score (nSPS) is 10.3. The number of carbonyl (C=O) groups excluding carboxylic acids is 2. The summed E-state index contributed by atoms with van der Waals surface area (Å²) in [7, 11) is 1.51. The van der Waals surface area contributed by atoms with Crippen LogP contribution in [0.2, 0.25) is 0 Å². The highest BCUT2D eigenvalue weighted by molar-refractivity contribution is 5.79. The van der Waals surface area contributed by atoms with E-state index in [-0.39, 0.29) is 12.5 Å². The molecule has 6 nitrogen and oxygen atoms in total. The van der Waals surface area contributed by atoms with Crippen molar-refractivity contribution < 1.29 is 19.1 Å². The van der Waals surface area contributed by atoms with E-state index in [1.807, 2.05) is 42.5 Å². The van der Waals surface area contributed by atoms with E-state index in [0.29, 0.717) is 24.5 Å². The Morgan fingerprint density at radius 1 is 0.867 bits per heavy atom. The zero-order valence-electron chi connectivity index (χ0n) is 16.8. The van der Waals surface area contributed by atoms with E-state index < -0.39 is 5.91 Å². The lowest BCUT2D eigenvalue weighted by Gasteiger charge is -2.12. The molecule has 154 valence electrons. The molecule has 0 aliphatic carbocycles. The van der Waals surface area contributed by atoms with Crippen LogP contribution < -0.4 is 20.5 Å². The van der Waals surface area contributed by atoms with Gasteiger partial charge in [0.1, 0.15) is 0 Å². The van der Waals surface area contributed by atoms with E-state index in [2.05, 4.69) is 17.4 Å². The molecule has 0 bridgehead atoms. The molecule has 0 aromatic heterocycles. The zero-order valence-corrected chi connectivity index (χ0v) is 16.8. The molecule has 0 saturated carbocycles. The summed E-state index contributed by atoms with van der Waals surface area (Å²) < 4.78 is 10.6. The third-order valence-electron chi connectivity index (χ3n) is 4.51. The summed E-state index contributed by atoms with van der Waals surface area (Å²) in [5, 5.41) is 2.91. The molecule has 0 aliphatic heterocycles. The quantitative estimate of drug-likeness (QED) is 0.573. The minimum Gasteiger partial charge on any atom is -0.493 e. The summed E-state index contributed by atoms with van der Waals surface area (Å²) in [5.74, 6) is 0.255. The molecule has 3 aromatic carbocycles. The van der Waals surface area contributed by atoms with E-state index in [4.69, 9.17) is 15.2 Å². The molecule has 0 atom stereocenters. The van der Waals surface area contributed by atoms with Crippen LogP contribution in [0.4, 0.5) is 0 Å². The lowest BCUT2D eigenvalue weighted by Crippen LogP contribution is -2.24. The van der Waals surface area contributed by atoms with Gasteiger partial charge in [0, 0.05) is 6.54 Å². The molecule has 3 aromatic rings. The van der Waals surface area contributed by atoms with Crippen molar-refractivity contribution in [1.29, 1.82) is 0 Å². The number of benzene rings is 3. The second-order valence-corrected chi connectivity index (χ2v) is 6.76. The fourth-order valence-corrected chi connectivity index (χ4v) is 2.98. The largest absolute Gasteiger partial charge is 0.493 e. The number of nitrogens with two attached hydrogens (primary N) is 1. The van der Waals surface area contributed by atoms with Crippen LogP contribution in [0.25, 0.3) is 11.1 Å². The number of primary amides is 1. The van der Waals surface area contributed by atoms with Gasteiger partial charge in [0.15, 0.2) is 18.1 Å². The van der Waals surface area contributed by atoms with Crippen LogP contribution in [0.15, 0.2) is 72.8 Å². The summed E-state index contributed by atoms with van der Waals surface area (Å²) >= 11 is 0. The van der Waals surface area contributed by atoms with Crippen molar-refractivity contribution in [2.24, 2.45) is 5.73 Å². The van der Waals surface area contributed by atoms with Gasteiger partial charge in [-0.25, -0.2) is 0 Å². The van der Waals surface area contributed by atoms with Gasteiger partial charge in [-0.1, -0.05) is 60.7 Å². The Morgan fingerprint density at radius 3 is 2.20 bits per heavy atom. The maximum Gasteiger partial charge on any atom is 0.255 e. The maximum absolute atomic E-state index is 12.3. The highest BCUT2D eigenvalue weighted by atomic mass is 16.5. The minimum absolute atomic E-state index is 0.0736. The van der Waals surface area contributed by atoms with Crippen LogP contribution in [0.3, 0.4) is 0 Å². The van der Waals surface area contributed by atoms with Gasteiger partial charge in [-0.2, -0.15) is 0 Å². The zero-order chi connectivity index (χ0) is 21.3. The van der Waals surface area contributed by atoms with Gasteiger partial charge in [-0.3, -0.25) is 9.59 Å². The summed E-state index contributed by atoms with van der Waals surface area (Å²) in [6.07, 6.45) is 0.298. The van der Waals surface area contributed by atoms with E-state index >= 15 is 0 Å². The average molecular weight is 404 g/mol. The summed E-state index contributed by atoms with van der Waals surface area (Å²) in [4.78, 5) is 23.2. The highest BCUT2D eigenvalue weighted by Crippen LogP contribution is 2.28. The number of ether oxygens (including phenoxy) is 2. The number of nitrogens with one attached hydrogen (secondary N) is 1. The molecule has 0 unspecified atom stereocenters. The predicted molar refractivity (Wildman–Crippen MR) is 115 cm³/mol. The molecule has 3 rings (SSSR count). The van der Waals surface area contributed by atoms with Crippen molar-refractivity contribution in [2.45, 2.75) is 13.0 Å². The minimum atomic E-state index is -0.565. The molecule has 2 amide bonds. The Hall–Kier alpha value is -3.80. The van der Waals surface area contributed by atoms with Crippen LogP contribution in [-0.2, 0) is 22.6 Å². The van der Waals surface area contributed by atoms with Crippen LogP contribution >= 0.6 is 0 Å².